The second-order valence-corrected chi connectivity index (χ2v) is 4.11. The summed E-state index contributed by atoms with van der Waals surface area (Å²) >= 11 is 0. The van der Waals surface area contributed by atoms with Gasteiger partial charge in [0.1, 0.15) is 11.5 Å². The zero-order valence-corrected chi connectivity index (χ0v) is 10.9. The number of methoxy groups -OCH3 is 2. The molecular formula is C13H21NO3. The molecule has 4 nitrogen and oxygen atoms in total. The van der Waals surface area contributed by atoms with Crippen molar-refractivity contribution in [3.63, 3.8) is 0 Å². The predicted octanol–water partition coefficient (Wildman–Crippen LogP) is 1.18. The number of benzene rings is 1. The quantitative estimate of drug-likeness (QED) is 0.810. The van der Waals surface area contributed by atoms with Crippen molar-refractivity contribution in [2.75, 3.05) is 20.8 Å². The Hall–Kier alpha value is -1.26. The molecule has 0 spiro atoms. The van der Waals surface area contributed by atoms with Crippen LogP contribution in [0.2, 0.25) is 0 Å². The molecule has 0 aromatic heterocycles. The fourth-order valence-corrected chi connectivity index (χ4v) is 1.91. The molecule has 0 aliphatic rings. The van der Waals surface area contributed by atoms with E-state index in [9.17, 15) is 5.11 Å². The fourth-order valence-electron chi connectivity index (χ4n) is 1.91. The number of aliphatic hydroxyl groups excluding tert-OH is 1. The van der Waals surface area contributed by atoms with Crippen LogP contribution in [0.15, 0.2) is 6.07 Å². The van der Waals surface area contributed by atoms with Gasteiger partial charge in [0.25, 0.3) is 0 Å². The van der Waals surface area contributed by atoms with Crippen LogP contribution in [0.25, 0.3) is 0 Å². The van der Waals surface area contributed by atoms with Gasteiger partial charge in [-0.15, -0.1) is 0 Å². The summed E-state index contributed by atoms with van der Waals surface area (Å²) in [5.41, 5.74) is 8.43. The van der Waals surface area contributed by atoms with E-state index in [-0.39, 0.29) is 6.54 Å². The Labute approximate surface area is 102 Å². The molecule has 0 saturated carbocycles. The van der Waals surface area contributed by atoms with Crippen LogP contribution in [-0.2, 0) is 6.42 Å². The van der Waals surface area contributed by atoms with E-state index in [0.29, 0.717) is 6.42 Å². The maximum Gasteiger partial charge on any atom is 0.125 e. The number of ether oxygens (including phenoxy) is 2. The first kappa shape index (κ1) is 13.8. The van der Waals surface area contributed by atoms with Gasteiger partial charge < -0.3 is 20.3 Å². The molecule has 1 rings (SSSR count). The van der Waals surface area contributed by atoms with Gasteiger partial charge in [-0.05, 0) is 31.0 Å². The Bertz CT molecular complexity index is 391. The molecular weight excluding hydrogens is 218 g/mol. The third-order valence-corrected chi connectivity index (χ3v) is 3.02. The van der Waals surface area contributed by atoms with Crippen molar-refractivity contribution in [1.82, 2.24) is 0 Å². The molecule has 17 heavy (non-hydrogen) atoms. The predicted molar refractivity (Wildman–Crippen MR) is 67.8 cm³/mol. The number of hydrogen-bond acceptors (Lipinski definition) is 4. The topological polar surface area (TPSA) is 64.7 Å². The number of rotatable bonds is 5. The van der Waals surface area contributed by atoms with Crippen LogP contribution in [0.3, 0.4) is 0 Å². The van der Waals surface area contributed by atoms with Crippen molar-refractivity contribution in [2.45, 2.75) is 26.4 Å². The lowest BCUT2D eigenvalue weighted by Crippen LogP contribution is -2.22. The lowest BCUT2D eigenvalue weighted by Gasteiger charge is -2.18. The number of hydrogen-bond donors (Lipinski definition) is 2. The largest absolute Gasteiger partial charge is 0.496 e. The molecule has 0 heterocycles. The van der Waals surface area contributed by atoms with Gasteiger partial charge in [-0.25, -0.2) is 0 Å². The molecule has 96 valence electrons. The first-order chi connectivity index (χ1) is 8.04. The second-order valence-electron chi connectivity index (χ2n) is 4.11. The molecule has 0 radical (unpaired) electrons. The molecule has 0 fully saturated rings. The summed E-state index contributed by atoms with van der Waals surface area (Å²) in [6, 6.07) is 1.90. The van der Waals surface area contributed by atoms with Crippen LogP contribution < -0.4 is 15.2 Å². The normalized spacial score (nSPS) is 12.4. The van der Waals surface area contributed by atoms with E-state index in [1.807, 2.05) is 19.9 Å². The maximum atomic E-state index is 9.63. The molecule has 0 aliphatic heterocycles. The highest BCUT2D eigenvalue weighted by molar-refractivity contribution is 5.52. The third kappa shape index (κ3) is 2.90. The Morgan fingerprint density at radius 1 is 1.24 bits per heavy atom. The van der Waals surface area contributed by atoms with Gasteiger partial charge >= 0.3 is 0 Å². The Balaban J connectivity index is 3.22. The smallest absolute Gasteiger partial charge is 0.125 e. The summed E-state index contributed by atoms with van der Waals surface area (Å²) in [5, 5.41) is 9.63. The SMILES string of the molecule is COc1cc(CC(O)CN)c(OC)c(C)c1C. The van der Waals surface area contributed by atoms with Crippen LogP contribution in [-0.4, -0.2) is 32.0 Å². The van der Waals surface area contributed by atoms with Gasteiger partial charge in [-0.3, -0.25) is 0 Å². The number of aliphatic hydroxyl groups is 1. The second kappa shape index (κ2) is 5.89. The minimum absolute atomic E-state index is 0.235. The maximum absolute atomic E-state index is 9.63. The van der Waals surface area contributed by atoms with E-state index < -0.39 is 6.10 Å². The zero-order valence-electron chi connectivity index (χ0n) is 10.9. The minimum Gasteiger partial charge on any atom is -0.496 e. The van der Waals surface area contributed by atoms with Gasteiger partial charge in [0, 0.05) is 18.5 Å². The summed E-state index contributed by atoms with van der Waals surface area (Å²) in [5.74, 6) is 1.61. The summed E-state index contributed by atoms with van der Waals surface area (Å²) in [6.45, 7) is 4.20. The van der Waals surface area contributed by atoms with Crippen molar-refractivity contribution < 1.29 is 14.6 Å². The van der Waals surface area contributed by atoms with Crippen LogP contribution in [0, 0.1) is 13.8 Å². The van der Waals surface area contributed by atoms with Crippen molar-refractivity contribution in [1.29, 1.82) is 0 Å². The highest BCUT2D eigenvalue weighted by atomic mass is 16.5. The third-order valence-electron chi connectivity index (χ3n) is 3.02. The van der Waals surface area contributed by atoms with Crippen LogP contribution >= 0.6 is 0 Å². The average Bonchev–Trinajstić information content (AvgIpc) is 2.33. The van der Waals surface area contributed by atoms with Gasteiger partial charge in [0.15, 0.2) is 0 Å². The molecule has 0 amide bonds. The van der Waals surface area contributed by atoms with E-state index in [4.69, 9.17) is 15.2 Å². The molecule has 0 aliphatic carbocycles. The van der Waals surface area contributed by atoms with E-state index in [0.717, 1.165) is 28.2 Å². The highest BCUT2D eigenvalue weighted by Crippen LogP contribution is 2.33. The van der Waals surface area contributed by atoms with E-state index >= 15 is 0 Å². The first-order valence-corrected chi connectivity index (χ1v) is 5.64. The first-order valence-electron chi connectivity index (χ1n) is 5.64. The van der Waals surface area contributed by atoms with E-state index in [1.54, 1.807) is 14.2 Å². The van der Waals surface area contributed by atoms with Gasteiger partial charge in [-0.2, -0.15) is 0 Å². The zero-order chi connectivity index (χ0) is 13.0. The molecule has 3 N–H and O–H groups in total. The Kier molecular flexibility index (Phi) is 4.78. The molecule has 1 aromatic rings. The van der Waals surface area contributed by atoms with Crippen molar-refractivity contribution >= 4 is 0 Å². The monoisotopic (exact) mass is 239 g/mol. The van der Waals surface area contributed by atoms with E-state index in [1.165, 1.54) is 0 Å². The van der Waals surface area contributed by atoms with E-state index in [2.05, 4.69) is 0 Å². The van der Waals surface area contributed by atoms with Crippen molar-refractivity contribution in [3.05, 3.63) is 22.8 Å². The molecule has 0 bridgehead atoms. The molecule has 1 atom stereocenters. The van der Waals surface area contributed by atoms with Crippen molar-refractivity contribution in [2.24, 2.45) is 5.73 Å². The van der Waals surface area contributed by atoms with Crippen LogP contribution in [0.1, 0.15) is 16.7 Å². The Morgan fingerprint density at radius 3 is 2.35 bits per heavy atom. The molecule has 4 heteroatoms. The minimum atomic E-state index is -0.560. The van der Waals surface area contributed by atoms with Gasteiger partial charge in [0.2, 0.25) is 0 Å². The lowest BCUT2D eigenvalue weighted by atomic mass is 9.99. The Morgan fingerprint density at radius 2 is 1.88 bits per heavy atom. The summed E-state index contributed by atoms with van der Waals surface area (Å²) in [7, 11) is 3.27. The van der Waals surface area contributed by atoms with Gasteiger partial charge in [0.05, 0.1) is 20.3 Å². The fraction of sp³-hybridized carbons (Fsp3) is 0.538. The lowest BCUT2D eigenvalue weighted by molar-refractivity contribution is 0.182. The standard InChI is InChI=1S/C13H21NO3/c1-8-9(2)13(17-4)10(5-11(15)7-14)6-12(8)16-3/h6,11,15H,5,7,14H2,1-4H3. The van der Waals surface area contributed by atoms with Crippen LogP contribution in [0.5, 0.6) is 11.5 Å². The average molecular weight is 239 g/mol. The van der Waals surface area contributed by atoms with Crippen LogP contribution in [0.4, 0.5) is 0 Å². The molecule has 1 aromatic carbocycles. The van der Waals surface area contributed by atoms with Crippen molar-refractivity contribution in [3.8, 4) is 11.5 Å². The summed E-state index contributed by atoms with van der Waals surface area (Å²) < 4.78 is 10.7. The highest BCUT2D eigenvalue weighted by Gasteiger charge is 2.15. The summed E-state index contributed by atoms with van der Waals surface area (Å²) in [6.07, 6.45) is -0.0901. The number of nitrogens with two attached hydrogens (primary N) is 1. The summed E-state index contributed by atoms with van der Waals surface area (Å²) in [4.78, 5) is 0. The molecule has 0 saturated heterocycles. The van der Waals surface area contributed by atoms with Gasteiger partial charge in [-0.1, -0.05) is 0 Å². The molecule has 1 unspecified atom stereocenters.